The zero-order chi connectivity index (χ0) is 18.5. The molecule has 1 aromatic carbocycles. The van der Waals surface area contributed by atoms with Gasteiger partial charge in [0.1, 0.15) is 0 Å². The zero-order valence-electron chi connectivity index (χ0n) is 15.7. The summed E-state index contributed by atoms with van der Waals surface area (Å²) in [4.78, 5) is 18.1. The molecule has 144 valence electrons. The predicted molar refractivity (Wildman–Crippen MR) is 104 cm³/mol. The molecule has 26 heavy (non-hydrogen) atoms. The smallest absolute Gasteiger partial charge is 0.232 e. The molecule has 0 saturated carbocycles. The topological polar surface area (TPSA) is 53.0 Å². The molecular weight excluding hydrogens is 348 g/mol. The van der Waals surface area contributed by atoms with E-state index in [0.29, 0.717) is 18.2 Å². The molecule has 3 rings (SSSR count). The molecule has 2 fully saturated rings. The summed E-state index contributed by atoms with van der Waals surface area (Å²) >= 11 is 1.58. The third kappa shape index (κ3) is 5.22. The van der Waals surface area contributed by atoms with Gasteiger partial charge in [-0.15, -0.1) is 11.8 Å². The lowest BCUT2D eigenvalue weighted by molar-refractivity contribution is -0.127. The molecule has 5 nitrogen and oxygen atoms in total. The first-order chi connectivity index (χ1) is 12.5. The van der Waals surface area contributed by atoms with Crippen LogP contribution in [-0.2, 0) is 9.53 Å². The Morgan fingerprint density at radius 1 is 1.12 bits per heavy atom. The number of likely N-dealkylation sites (tertiary alicyclic amines) is 1. The number of aliphatic hydroxyl groups excluding tert-OH is 1. The highest BCUT2D eigenvalue weighted by Gasteiger charge is 2.36. The van der Waals surface area contributed by atoms with Gasteiger partial charge in [0, 0.05) is 50.1 Å². The molecule has 2 heterocycles. The first kappa shape index (κ1) is 19.7. The molecule has 2 aliphatic heterocycles. The molecular formula is C20H30N2O3S. The summed E-state index contributed by atoms with van der Waals surface area (Å²) in [7, 11) is 0. The molecule has 1 N–H and O–H groups in total. The largest absolute Gasteiger partial charge is 0.396 e. The van der Waals surface area contributed by atoms with Gasteiger partial charge in [0.05, 0.1) is 18.0 Å². The van der Waals surface area contributed by atoms with E-state index in [9.17, 15) is 9.90 Å². The van der Waals surface area contributed by atoms with Crippen LogP contribution in [0.2, 0.25) is 0 Å². The van der Waals surface area contributed by atoms with Crippen molar-refractivity contribution < 1.29 is 14.6 Å². The average Bonchev–Trinajstić information content (AvgIpc) is 3.02. The molecule has 0 aromatic heterocycles. The highest BCUT2D eigenvalue weighted by Crippen LogP contribution is 2.27. The molecule has 1 amide bonds. The normalized spacial score (nSPS) is 29.9. The van der Waals surface area contributed by atoms with Crippen molar-refractivity contribution in [2.24, 2.45) is 11.8 Å². The Labute approximate surface area is 160 Å². The highest BCUT2D eigenvalue weighted by atomic mass is 32.2. The van der Waals surface area contributed by atoms with Gasteiger partial charge in [-0.2, -0.15) is 0 Å². The van der Waals surface area contributed by atoms with Gasteiger partial charge in [0.15, 0.2) is 0 Å². The molecule has 2 saturated heterocycles. The Bertz CT molecular complexity index is 576. The Balaban J connectivity index is 1.52. The summed E-state index contributed by atoms with van der Waals surface area (Å²) in [6.45, 7) is 8.57. The zero-order valence-corrected chi connectivity index (χ0v) is 16.5. The number of carbonyl (C=O) groups is 1. The van der Waals surface area contributed by atoms with Crippen molar-refractivity contribution in [2.75, 3.05) is 45.1 Å². The number of aliphatic hydroxyl groups is 1. The van der Waals surface area contributed by atoms with Crippen molar-refractivity contribution in [3.8, 4) is 0 Å². The van der Waals surface area contributed by atoms with Crippen LogP contribution in [0.1, 0.15) is 13.8 Å². The monoisotopic (exact) mass is 378 g/mol. The lowest BCUT2D eigenvalue weighted by Gasteiger charge is -2.37. The first-order valence-electron chi connectivity index (χ1n) is 9.49. The van der Waals surface area contributed by atoms with E-state index in [2.05, 4.69) is 18.7 Å². The summed E-state index contributed by atoms with van der Waals surface area (Å²) in [5, 5.41) is 9.79. The molecule has 0 spiro atoms. The first-order valence-corrected chi connectivity index (χ1v) is 10.5. The predicted octanol–water partition coefficient (Wildman–Crippen LogP) is 1.95. The van der Waals surface area contributed by atoms with Crippen LogP contribution in [0, 0.1) is 11.8 Å². The van der Waals surface area contributed by atoms with Crippen LogP contribution in [0.25, 0.3) is 0 Å². The molecule has 0 radical (unpaired) electrons. The van der Waals surface area contributed by atoms with E-state index < -0.39 is 0 Å². The van der Waals surface area contributed by atoms with Crippen LogP contribution in [0.15, 0.2) is 35.2 Å². The third-order valence-electron chi connectivity index (χ3n) is 5.26. The third-order valence-corrected chi connectivity index (χ3v) is 6.25. The van der Waals surface area contributed by atoms with Gasteiger partial charge in [-0.25, -0.2) is 0 Å². The molecule has 2 aliphatic rings. The number of hydrogen-bond acceptors (Lipinski definition) is 5. The van der Waals surface area contributed by atoms with E-state index in [1.54, 1.807) is 11.8 Å². The fourth-order valence-corrected chi connectivity index (χ4v) is 4.90. The maximum absolute atomic E-state index is 12.6. The fourth-order valence-electron chi connectivity index (χ4n) is 4.07. The fraction of sp³-hybridized carbons (Fsp3) is 0.650. The van der Waals surface area contributed by atoms with Crippen molar-refractivity contribution in [3.63, 3.8) is 0 Å². The van der Waals surface area contributed by atoms with Crippen molar-refractivity contribution in [1.82, 2.24) is 9.80 Å². The van der Waals surface area contributed by atoms with E-state index in [-0.39, 0.29) is 30.6 Å². The van der Waals surface area contributed by atoms with Crippen LogP contribution in [0.4, 0.5) is 0 Å². The second-order valence-electron chi connectivity index (χ2n) is 7.58. The van der Waals surface area contributed by atoms with Crippen LogP contribution in [0.5, 0.6) is 0 Å². The number of morpholine rings is 1. The minimum atomic E-state index is 0.149. The van der Waals surface area contributed by atoms with Gasteiger partial charge < -0.3 is 14.7 Å². The van der Waals surface area contributed by atoms with Gasteiger partial charge in [0.25, 0.3) is 0 Å². The second-order valence-corrected chi connectivity index (χ2v) is 8.63. The van der Waals surface area contributed by atoms with Crippen molar-refractivity contribution in [2.45, 2.75) is 31.0 Å². The standard InChI is InChI=1S/C20H30N2O3S/c1-15-8-21(9-16(2)25-15)10-17-11-22(12-18(17)13-23)20(24)14-26-19-6-4-3-5-7-19/h3-7,15-18,23H,8-14H2,1-2H3/t15-,16+,17-,18-/m0/s1. The number of hydrogen-bond donors (Lipinski definition) is 1. The summed E-state index contributed by atoms with van der Waals surface area (Å²) in [5.74, 6) is 1.14. The SMILES string of the molecule is C[C@@H]1CN(C[C@H]2CN(C(=O)CSc3ccccc3)C[C@H]2CO)C[C@H](C)O1. The van der Waals surface area contributed by atoms with Gasteiger partial charge in [-0.1, -0.05) is 18.2 Å². The maximum atomic E-state index is 12.6. The molecule has 0 aliphatic carbocycles. The van der Waals surface area contributed by atoms with Crippen LogP contribution in [-0.4, -0.2) is 78.1 Å². The second kappa shape index (κ2) is 9.22. The summed E-state index contributed by atoms with van der Waals surface area (Å²) in [6.07, 6.45) is 0.487. The number of carbonyl (C=O) groups excluding carboxylic acids is 1. The molecule has 6 heteroatoms. The minimum Gasteiger partial charge on any atom is -0.396 e. The number of ether oxygens (including phenoxy) is 1. The number of rotatable bonds is 6. The van der Waals surface area contributed by atoms with E-state index in [1.807, 2.05) is 35.2 Å². The van der Waals surface area contributed by atoms with Crippen LogP contribution < -0.4 is 0 Å². The number of benzene rings is 1. The Kier molecular flexibility index (Phi) is 6.98. The van der Waals surface area contributed by atoms with Crippen LogP contribution >= 0.6 is 11.8 Å². The summed E-state index contributed by atoms with van der Waals surface area (Å²) in [6, 6.07) is 10.0. The van der Waals surface area contributed by atoms with E-state index in [1.165, 1.54) is 0 Å². The summed E-state index contributed by atoms with van der Waals surface area (Å²) < 4.78 is 5.81. The number of amides is 1. The minimum absolute atomic E-state index is 0.149. The summed E-state index contributed by atoms with van der Waals surface area (Å²) in [5.41, 5.74) is 0. The number of thioether (sulfide) groups is 1. The lowest BCUT2D eigenvalue weighted by Crippen LogP contribution is -2.48. The van der Waals surface area contributed by atoms with Gasteiger partial charge in [0.2, 0.25) is 5.91 Å². The quantitative estimate of drug-likeness (QED) is 0.767. The Hall–Kier alpha value is -1.08. The number of nitrogens with zero attached hydrogens (tertiary/aromatic N) is 2. The van der Waals surface area contributed by atoms with Gasteiger partial charge >= 0.3 is 0 Å². The van der Waals surface area contributed by atoms with Crippen LogP contribution in [0.3, 0.4) is 0 Å². The molecule has 1 aromatic rings. The van der Waals surface area contributed by atoms with Crippen molar-refractivity contribution in [3.05, 3.63) is 30.3 Å². The van der Waals surface area contributed by atoms with Gasteiger partial charge in [-0.3, -0.25) is 9.69 Å². The highest BCUT2D eigenvalue weighted by molar-refractivity contribution is 8.00. The van der Waals surface area contributed by atoms with Crippen molar-refractivity contribution >= 4 is 17.7 Å². The Morgan fingerprint density at radius 3 is 2.42 bits per heavy atom. The van der Waals surface area contributed by atoms with E-state index in [0.717, 1.165) is 31.1 Å². The molecule has 0 unspecified atom stereocenters. The van der Waals surface area contributed by atoms with Gasteiger partial charge in [-0.05, 0) is 31.9 Å². The lowest BCUT2D eigenvalue weighted by atomic mass is 9.96. The average molecular weight is 379 g/mol. The van der Waals surface area contributed by atoms with E-state index in [4.69, 9.17) is 4.74 Å². The maximum Gasteiger partial charge on any atom is 0.232 e. The molecule has 0 bridgehead atoms. The molecule has 4 atom stereocenters. The Morgan fingerprint density at radius 2 is 1.77 bits per heavy atom. The van der Waals surface area contributed by atoms with E-state index >= 15 is 0 Å². The van der Waals surface area contributed by atoms with Crippen molar-refractivity contribution in [1.29, 1.82) is 0 Å².